The van der Waals surface area contributed by atoms with Crippen LogP contribution < -0.4 is 5.73 Å². The number of para-hydroxylation sites is 1. The Bertz CT molecular complexity index is 467. The second-order valence-electron chi connectivity index (χ2n) is 5.51. The topological polar surface area (TPSA) is 66.6 Å². The van der Waals surface area contributed by atoms with Crippen molar-refractivity contribution in [1.29, 1.82) is 0 Å². The van der Waals surface area contributed by atoms with Crippen molar-refractivity contribution in [2.24, 2.45) is 5.73 Å². The normalized spacial score (nSPS) is 19.1. The Kier molecular flexibility index (Phi) is 3.80. The molecule has 1 aromatic carbocycles. The first-order chi connectivity index (χ1) is 8.96. The van der Waals surface area contributed by atoms with Crippen LogP contribution in [0.25, 0.3) is 0 Å². The van der Waals surface area contributed by atoms with Gasteiger partial charge in [0.1, 0.15) is 5.75 Å². The van der Waals surface area contributed by atoms with Crippen LogP contribution in [0, 0.1) is 0 Å². The first-order valence-electron chi connectivity index (χ1n) is 6.80. The van der Waals surface area contributed by atoms with Crippen molar-refractivity contribution in [3.63, 3.8) is 0 Å². The lowest BCUT2D eigenvalue weighted by atomic mass is 9.95. The lowest BCUT2D eigenvalue weighted by Gasteiger charge is -2.33. The molecule has 0 heterocycles. The number of hydrogen-bond donors (Lipinski definition) is 2. The van der Waals surface area contributed by atoms with Crippen molar-refractivity contribution in [2.45, 2.75) is 44.2 Å². The van der Waals surface area contributed by atoms with E-state index in [1.54, 1.807) is 24.1 Å². The molecule has 0 radical (unpaired) electrons. The quantitative estimate of drug-likeness (QED) is 0.877. The zero-order valence-corrected chi connectivity index (χ0v) is 11.6. The van der Waals surface area contributed by atoms with Crippen molar-refractivity contribution < 1.29 is 9.90 Å². The van der Waals surface area contributed by atoms with Gasteiger partial charge in [-0.1, -0.05) is 31.0 Å². The summed E-state index contributed by atoms with van der Waals surface area (Å²) in [4.78, 5) is 14.2. The smallest absolute Gasteiger partial charge is 0.242 e. The molecule has 19 heavy (non-hydrogen) atoms. The van der Waals surface area contributed by atoms with Crippen LogP contribution in [0.15, 0.2) is 24.3 Å². The van der Waals surface area contributed by atoms with Gasteiger partial charge in [-0.05, 0) is 25.8 Å². The van der Waals surface area contributed by atoms with Gasteiger partial charge in [0.25, 0.3) is 0 Å². The minimum absolute atomic E-state index is 0.0271. The summed E-state index contributed by atoms with van der Waals surface area (Å²) in [6.45, 7) is 1.91. The number of nitrogens with zero attached hydrogens (tertiary/aromatic N) is 1. The second kappa shape index (κ2) is 5.21. The van der Waals surface area contributed by atoms with Crippen molar-refractivity contribution in [3.05, 3.63) is 29.8 Å². The number of benzene rings is 1. The largest absolute Gasteiger partial charge is 0.508 e. The van der Waals surface area contributed by atoms with E-state index >= 15 is 0 Å². The number of carbonyl (C=O) groups is 1. The lowest BCUT2D eigenvalue weighted by molar-refractivity contribution is -0.137. The van der Waals surface area contributed by atoms with E-state index in [9.17, 15) is 9.90 Å². The van der Waals surface area contributed by atoms with Gasteiger partial charge in [-0.15, -0.1) is 0 Å². The van der Waals surface area contributed by atoms with Crippen LogP contribution in [0.5, 0.6) is 5.75 Å². The van der Waals surface area contributed by atoms with Gasteiger partial charge in [-0.25, -0.2) is 0 Å². The fraction of sp³-hybridized carbons (Fsp3) is 0.533. The maximum Gasteiger partial charge on any atom is 0.242 e. The predicted molar refractivity (Wildman–Crippen MR) is 74.7 cm³/mol. The molecule has 0 saturated heterocycles. The van der Waals surface area contributed by atoms with Gasteiger partial charge >= 0.3 is 0 Å². The van der Waals surface area contributed by atoms with Crippen molar-refractivity contribution >= 4 is 5.91 Å². The van der Waals surface area contributed by atoms with Crippen LogP contribution in [-0.2, 0) is 4.79 Å². The number of phenolic OH excluding ortho intramolecular Hbond substituents is 1. The summed E-state index contributed by atoms with van der Waals surface area (Å²) < 4.78 is 0. The summed E-state index contributed by atoms with van der Waals surface area (Å²) in [6.07, 6.45) is 3.54. The summed E-state index contributed by atoms with van der Waals surface area (Å²) in [5.41, 5.74) is 6.24. The van der Waals surface area contributed by atoms with Gasteiger partial charge < -0.3 is 15.7 Å². The minimum Gasteiger partial charge on any atom is -0.508 e. The number of nitrogens with two attached hydrogens (primary N) is 1. The molecule has 104 valence electrons. The number of aromatic hydroxyl groups is 1. The molecule has 1 aliphatic carbocycles. The van der Waals surface area contributed by atoms with E-state index in [-0.39, 0.29) is 17.7 Å². The highest BCUT2D eigenvalue weighted by Gasteiger charge is 2.40. The molecule has 0 bridgehead atoms. The van der Waals surface area contributed by atoms with Gasteiger partial charge in [0.15, 0.2) is 0 Å². The average molecular weight is 262 g/mol. The van der Waals surface area contributed by atoms with Gasteiger partial charge in [-0.2, -0.15) is 0 Å². The van der Waals surface area contributed by atoms with Crippen LogP contribution in [0.4, 0.5) is 0 Å². The number of hydrogen-bond acceptors (Lipinski definition) is 3. The Balaban J connectivity index is 2.17. The number of carbonyl (C=O) groups excluding carboxylic acids is 1. The van der Waals surface area contributed by atoms with E-state index in [0.29, 0.717) is 0 Å². The molecule has 0 aliphatic heterocycles. The Morgan fingerprint density at radius 3 is 2.53 bits per heavy atom. The van der Waals surface area contributed by atoms with Crippen molar-refractivity contribution in [1.82, 2.24) is 4.90 Å². The molecule has 0 aromatic heterocycles. The van der Waals surface area contributed by atoms with Gasteiger partial charge in [0, 0.05) is 12.6 Å². The molecule has 4 nitrogen and oxygen atoms in total. The van der Waals surface area contributed by atoms with E-state index in [2.05, 4.69) is 0 Å². The molecule has 1 unspecified atom stereocenters. The Morgan fingerprint density at radius 1 is 1.37 bits per heavy atom. The van der Waals surface area contributed by atoms with E-state index in [4.69, 9.17) is 5.73 Å². The highest BCUT2D eigenvalue weighted by molar-refractivity contribution is 5.86. The number of rotatable bonds is 3. The molecular formula is C15H22N2O2. The Morgan fingerprint density at radius 2 is 1.95 bits per heavy atom. The molecule has 4 heteroatoms. The molecule has 1 amide bonds. The molecular weight excluding hydrogens is 240 g/mol. The first kappa shape index (κ1) is 13.9. The van der Waals surface area contributed by atoms with Crippen LogP contribution in [-0.4, -0.2) is 28.5 Å². The van der Waals surface area contributed by atoms with Crippen molar-refractivity contribution in [3.8, 4) is 5.75 Å². The minimum atomic E-state index is -0.715. The monoisotopic (exact) mass is 262 g/mol. The van der Waals surface area contributed by atoms with E-state index in [1.165, 1.54) is 0 Å². The number of amides is 1. The third-order valence-corrected chi connectivity index (χ3v) is 4.21. The maximum absolute atomic E-state index is 12.5. The summed E-state index contributed by atoms with van der Waals surface area (Å²) in [5.74, 6) is 0.188. The van der Waals surface area contributed by atoms with Crippen LogP contribution in [0.1, 0.15) is 44.2 Å². The third kappa shape index (κ3) is 2.59. The maximum atomic E-state index is 12.5. The lowest BCUT2D eigenvalue weighted by Crippen LogP contribution is -2.52. The first-order valence-corrected chi connectivity index (χ1v) is 6.80. The molecule has 0 spiro atoms. The molecule has 2 rings (SSSR count). The molecule has 1 fully saturated rings. The van der Waals surface area contributed by atoms with Crippen LogP contribution >= 0.6 is 0 Å². The molecule has 1 aromatic rings. The average Bonchev–Trinajstić information content (AvgIpc) is 2.85. The summed E-state index contributed by atoms with van der Waals surface area (Å²) in [5, 5.41) is 9.87. The SMILES string of the molecule is CC(c1ccccc1O)N(C)C(=O)C1(N)CCCC1. The van der Waals surface area contributed by atoms with Crippen molar-refractivity contribution in [2.75, 3.05) is 7.05 Å². The molecule has 1 atom stereocenters. The molecule has 3 N–H and O–H groups in total. The molecule has 1 saturated carbocycles. The number of phenols is 1. The van der Waals surface area contributed by atoms with Crippen LogP contribution in [0.3, 0.4) is 0 Å². The highest BCUT2D eigenvalue weighted by atomic mass is 16.3. The van der Waals surface area contributed by atoms with Crippen LogP contribution in [0.2, 0.25) is 0 Å². The van der Waals surface area contributed by atoms with E-state index in [1.807, 2.05) is 19.1 Å². The highest BCUT2D eigenvalue weighted by Crippen LogP contribution is 2.33. The van der Waals surface area contributed by atoms with Gasteiger partial charge in [0.05, 0.1) is 11.6 Å². The summed E-state index contributed by atoms with van der Waals surface area (Å²) in [7, 11) is 1.76. The zero-order valence-electron chi connectivity index (χ0n) is 11.6. The Hall–Kier alpha value is -1.55. The summed E-state index contributed by atoms with van der Waals surface area (Å²) in [6, 6.07) is 6.92. The summed E-state index contributed by atoms with van der Waals surface area (Å²) >= 11 is 0. The fourth-order valence-corrected chi connectivity index (χ4v) is 2.80. The van der Waals surface area contributed by atoms with E-state index in [0.717, 1.165) is 31.2 Å². The standard InChI is InChI=1S/C15H22N2O2/c1-11(12-7-3-4-8-13(12)18)17(2)14(19)15(16)9-5-6-10-15/h3-4,7-8,11,18H,5-6,9-10,16H2,1-2H3. The third-order valence-electron chi connectivity index (χ3n) is 4.21. The molecule has 1 aliphatic rings. The van der Waals surface area contributed by atoms with E-state index < -0.39 is 5.54 Å². The second-order valence-corrected chi connectivity index (χ2v) is 5.51. The Labute approximate surface area is 114 Å². The van der Waals surface area contributed by atoms with Gasteiger partial charge in [0.2, 0.25) is 5.91 Å². The zero-order chi connectivity index (χ0) is 14.0. The van der Waals surface area contributed by atoms with Gasteiger partial charge in [-0.3, -0.25) is 4.79 Å². The predicted octanol–water partition coefficient (Wildman–Crippen LogP) is 2.18. The number of likely N-dealkylation sites (N-methyl/N-ethyl adjacent to an activating group) is 1. The fourth-order valence-electron chi connectivity index (χ4n) is 2.80.